The summed E-state index contributed by atoms with van der Waals surface area (Å²) >= 11 is 0. The van der Waals surface area contributed by atoms with Gasteiger partial charge in [-0.15, -0.1) is 0 Å². The highest BCUT2D eigenvalue weighted by Crippen LogP contribution is 2.22. The topological polar surface area (TPSA) is 30.3 Å². The van der Waals surface area contributed by atoms with Crippen LogP contribution in [0.3, 0.4) is 0 Å². The largest absolute Gasteiger partial charge is 0.377 e. The Bertz CT molecular complexity index is 346. The zero-order valence-corrected chi connectivity index (χ0v) is 11.0. The fraction of sp³-hybridized carbons (Fsp3) is 0.786. The van der Waals surface area contributed by atoms with E-state index in [1.807, 2.05) is 12.3 Å². The van der Waals surface area contributed by atoms with Gasteiger partial charge < -0.3 is 4.74 Å². The van der Waals surface area contributed by atoms with Gasteiger partial charge in [-0.1, -0.05) is 0 Å². The summed E-state index contributed by atoms with van der Waals surface area (Å²) in [5.74, 6) is 0. The minimum absolute atomic E-state index is 0.469. The molecule has 2 atom stereocenters. The van der Waals surface area contributed by atoms with Crippen LogP contribution in [0.2, 0.25) is 0 Å². The lowest BCUT2D eigenvalue weighted by Crippen LogP contribution is -2.40. The maximum absolute atomic E-state index is 5.86. The number of hydrogen-bond donors (Lipinski definition) is 0. The number of ether oxygens (including phenoxy) is 1. The minimum atomic E-state index is 0.469. The Morgan fingerprint density at radius 3 is 2.94 bits per heavy atom. The van der Waals surface area contributed by atoms with Crippen LogP contribution in [0.5, 0.6) is 0 Å². The second-order valence-corrected chi connectivity index (χ2v) is 5.51. The summed E-state index contributed by atoms with van der Waals surface area (Å²) in [5, 5.41) is 4.32. The van der Waals surface area contributed by atoms with E-state index in [1.165, 1.54) is 38.6 Å². The molecule has 0 amide bonds. The van der Waals surface area contributed by atoms with E-state index in [-0.39, 0.29) is 0 Å². The van der Waals surface area contributed by atoms with Crippen molar-refractivity contribution in [3.05, 3.63) is 18.5 Å². The second-order valence-electron chi connectivity index (χ2n) is 5.51. The van der Waals surface area contributed by atoms with Gasteiger partial charge in [-0.3, -0.25) is 9.58 Å². The van der Waals surface area contributed by atoms with Gasteiger partial charge in [0, 0.05) is 31.6 Å². The highest BCUT2D eigenvalue weighted by Gasteiger charge is 2.28. The van der Waals surface area contributed by atoms with E-state index in [2.05, 4.69) is 20.9 Å². The summed E-state index contributed by atoms with van der Waals surface area (Å²) in [5.41, 5.74) is 0. The zero-order valence-electron chi connectivity index (χ0n) is 11.0. The monoisotopic (exact) mass is 249 g/mol. The van der Waals surface area contributed by atoms with Crippen molar-refractivity contribution in [1.82, 2.24) is 14.7 Å². The van der Waals surface area contributed by atoms with Crippen molar-refractivity contribution in [3.63, 3.8) is 0 Å². The highest BCUT2D eigenvalue weighted by atomic mass is 16.5. The van der Waals surface area contributed by atoms with Gasteiger partial charge in [0.25, 0.3) is 0 Å². The van der Waals surface area contributed by atoms with Gasteiger partial charge in [0.1, 0.15) is 0 Å². The molecular weight excluding hydrogens is 226 g/mol. The number of aromatic nitrogens is 2. The predicted octanol–water partition coefficient (Wildman–Crippen LogP) is 1.92. The fourth-order valence-electron chi connectivity index (χ4n) is 3.18. The Labute approximate surface area is 109 Å². The van der Waals surface area contributed by atoms with Gasteiger partial charge >= 0.3 is 0 Å². The van der Waals surface area contributed by atoms with Crippen molar-refractivity contribution in [2.24, 2.45) is 0 Å². The van der Waals surface area contributed by atoms with Gasteiger partial charge in [0.15, 0.2) is 0 Å². The van der Waals surface area contributed by atoms with Crippen LogP contribution in [-0.4, -0.2) is 46.5 Å². The summed E-state index contributed by atoms with van der Waals surface area (Å²) in [6, 6.07) is 2.65. The Hall–Kier alpha value is -0.870. The lowest BCUT2D eigenvalue weighted by atomic mass is 10.1. The molecule has 0 spiro atoms. The molecule has 100 valence electrons. The summed E-state index contributed by atoms with van der Waals surface area (Å²) in [4.78, 5) is 2.61. The van der Waals surface area contributed by atoms with Crippen molar-refractivity contribution >= 4 is 0 Å². The van der Waals surface area contributed by atoms with Crippen molar-refractivity contribution in [1.29, 1.82) is 0 Å². The van der Waals surface area contributed by atoms with Gasteiger partial charge in [0.05, 0.1) is 12.6 Å². The molecule has 1 aromatic rings. The van der Waals surface area contributed by atoms with Gasteiger partial charge in [-0.05, 0) is 44.7 Å². The lowest BCUT2D eigenvalue weighted by molar-refractivity contribution is -0.00910. The highest BCUT2D eigenvalue weighted by molar-refractivity contribution is 4.85. The molecule has 3 rings (SSSR count). The number of rotatable bonds is 4. The van der Waals surface area contributed by atoms with Crippen LogP contribution in [0.1, 0.15) is 32.1 Å². The standard InChI is InChI=1S/C14H23N3O/c1-2-10-18-14(6-1)12-16-8-3-5-13(16)11-17-9-4-7-15-17/h4,7,9,13-14H,1-3,5-6,8,10-12H2. The molecule has 2 fully saturated rings. The molecular formula is C14H23N3O. The maximum Gasteiger partial charge on any atom is 0.0702 e. The molecule has 3 heterocycles. The quantitative estimate of drug-likeness (QED) is 0.816. The average molecular weight is 249 g/mol. The van der Waals surface area contributed by atoms with Gasteiger partial charge in [0.2, 0.25) is 0 Å². The zero-order chi connectivity index (χ0) is 12.2. The summed E-state index contributed by atoms with van der Waals surface area (Å²) < 4.78 is 7.92. The van der Waals surface area contributed by atoms with Crippen molar-refractivity contribution in [2.75, 3.05) is 19.7 Å². The van der Waals surface area contributed by atoms with Gasteiger partial charge in [-0.25, -0.2) is 0 Å². The molecule has 1 aromatic heterocycles. The van der Waals surface area contributed by atoms with Crippen LogP contribution in [0.15, 0.2) is 18.5 Å². The van der Waals surface area contributed by atoms with Crippen molar-refractivity contribution in [2.45, 2.75) is 50.8 Å². The van der Waals surface area contributed by atoms with Crippen LogP contribution < -0.4 is 0 Å². The second kappa shape index (κ2) is 5.85. The summed E-state index contributed by atoms with van der Waals surface area (Å²) in [7, 11) is 0. The maximum atomic E-state index is 5.86. The minimum Gasteiger partial charge on any atom is -0.377 e. The van der Waals surface area contributed by atoms with E-state index in [0.717, 1.165) is 19.7 Å². The Kier molecular flexibility index (Phi) is 3.96. The number of nitrogens with zero attached hydrogens (tertiary/aromatic N) is 3. The molecule has 4 heteroatoms. The molecule has 4 nitrogen and oxygen atoms in total. The average Bonchev–Trinajstić information content (AvgIpc) is 3.04. The summed E-state index contributed by atoms with van der Waals surface area (Å²) in [6.07, 6.45) is 10.8. The lowest BCUT2D eigenvalue weighted by Gasteiger charge is -2.31. The first kappa shape index (κ1) is 12.2. The molecule has 2 aliphatic rings. The van der Waals surface area contributed by atoms with E-state index >= 15 is 0 Å². The first-order valence-corrected chi connectivity index (χ1v) is 7.25. The number of likely N-dealkylation sites (tertiary alicyclic amines) is 1. The first-order chi connectivity index (χ1) is 8.92. The van der Waals surface area contributed by atoms with Crippen molar-refractivity contribution < 1.29 is 4.74 Å². The normalized spacial score (nSPS) is 29.8. The molecule has 0 saturated carbocycles. The van der Waals surface area contributed by atoms with Crippen LogP contribution in [0, 0.1) is 0 Å². The van der Waals surface area contributed by atoms with Crippen molar-refractivity contribution in [3.8, 4) is 0 Å². The van der Waals surface area contributed by atoms with Crippen LogP contribution in [-0.2, 0) is 11.3 Å². The third-order valence-electron chi connectivity index (χ3n) is 4.17. The third kappa shape index (κ3) is 2.93. The molecule has 2 unspecified atom stereocenters. The predicted molar refractivity (Wildman–Crippen MR) is 70.4 cm³/mol. The molecule has 0 N–H and O–H groups in total. The Morgan fingerprint density at radius 1 is 1.17 bits per heavy atom. The molecule has 0 bridgehead atoms. The van der Waals surface area contributed by atoms with E-state index in [4.69, 9.17) is 4.74 Å². The van der Waals surface area contributed by atoms with Crippen LogP contribution in [0.4, 0.5) is 0 Å². The third-order valence-corrected chi connectivity index (χ3v) is 4.17. The molecule has 0 radical (unpaired) electrons. The molecule has 18 heavy (non-hydrogen) atoms. The first-order valence-electron chi connectivity index (χ1n) is 7.25. The molecule has 2 saturated heterocycles. The van der Waals surface area contributed by atoms with E-state index in [0.29, 0.717) is 12.1 Å². The van der Waals surface area contributed by atoms with Crippen LogP contribution in [0.25, 0.3) is 0 Å². The molecule has 2 aliphatic heterocycles. The van der Waals surface area contributed by atoms with Gasteiger partial charge in [-0.2, -0.15) is 5.10 Å². The summed E-state index contributed by atoms with van der Waals surface area (Å²) in [6.45, 7) is 4.33. The molecule has 0 aromatic carbocycles. The van der Waals surface area contributed by atoms with Crippen LogP contribution >= 0.6 is 0 Å². The Balaban J connectivity index is 1.53. The SMILES string of the molecule is c1cnn(CC2CCCN2CC2CCCCO2)c1. The Morgan fingerprint density at radius 2 is 2.17 bits per heavy atom. The van der Waals surface area contributed by atoms with E-state index < -0.39 is 0 Å². The fourth-order valence-corrected chi connectivity index (χ4v) is 3.18. The van der Waals surface area contributed by atoms with E-state index in [1.54, 1.807) is 0 Å². The molecule has 0 aliphatic carbocycles. The van der Waals surface area contributed by atoms with E-state index in [9.17, 15) is 0 Å². The smallest absolute Gasteiger partial charge is 0.0702 e. The number of hydrogen-bond acceptors (Lipinski definition) is 3.